The molecule has 0 aromatic carbocycles. The average Bonchev–Trinajstić information content (AvgIpc) is 3.75. The third-order valence-corrected chi connectivity index (χ3v) is 9.45. The maximum Gasteiger partial charge on any atom is 0.248 e. The molecule has 0 unspecified atom stereocenters. The Hall–Kier alpha value is -6.97. The van der Waals surface area contributed by atoms with Crippen LogP contribution in [-0.2, 0) is 9.59 Å². The van der Waals surface area contributed by atoms with Crippen molar-refractivity contribution in [3.8, 4) is 0 Å². The van der Waals surface area contributed by atoms with Crippen LogP contribution in [0.2, 0.25) is 0 Å². The van der Waals surface area contributed by atoms with Crippen LogP contribution in [0.15, 0.2) is 73.9 Å². The highest BCUT2D eigenvalue weighted by atomic mass is 35.5. The van der Waals surface area contributed by atoms with Gasteiger partial charge in [0.2, 0.25) is 28.9 Å². The lowest BCUT2D eigenvalue weighted by Crippen LogP contribution is -2.22. The SMILES string of the molecule is CC(=O)CC(C)=O.CC(=O)c1c(C)oc2c1C(=O)c1cccnc1C2=O.CC(=O)c1c(C)oc2c1C(=O)c1ncccc1C2=O.O=C1C(Cl)=C(Cl)C(=O)c2ncccc21. The number of hydrogen-bond donors (Lipinski definition) is 0. The highest BCUT2D eigenvalue weighted by Crippen LogP contribution is 2.34. The Kier molecular flexibility index (Phi) is 12.6. The first-order chi connectivity index (χ1) is 27.8. The molecule has 8 rings (SSSR count). The smallest absolute Gasteiger partial charge is 0.248 e. The molecule has 0 spiro atoms. The molecular weight excluding hydrogens is 809 g/mol. The topological polar surface area (TPSA) is 236 Å². The van der Waals surface area contributed by atoms with Gasteiger partial charge < -0.3 is 8.83 Å². The molecule has 17 heteroatoms. The average molecular weight is 839 g/mol. The lowest BCUT2D eigenvalue weighted by Gasteiger charge is -2.12. The molecule has 0 saturated heterocycles. The van der Waals surface area contributed by atoms with Gasteiger partial charge in [0.1, 0.15) is 50.2 Å². The number of carbonyl (C=O) groups is 10. The number of fused-ring (bicyclic) bond motifs is 5. The molecule has 3 aliphatic carbocycles. The van der Waals surface area contributed by atoms with E-state index in [-0.39, 0.29) is 124 Å². The summed E-state index contributed by atoms with van der Waals surface area (Å²) >= 11 is 11.2. The fourth-order valence-electron chi connectivity index (χ4n) is 6.25. The van der Waals surface area contributed by atoms with E-state index >= 15 is 0 Å². The van der Waals surface area contributed by atoms with Crippen molar-refractivity contribution in [2.75, 3.05) is 0 Å². The Morgan fingerprint density at radius 3 is 1.29 bits per heavy atom. The predicted molar refractivity (Wildman–Crippen MR) is 207 cm³/mol. The number of Topliss-reactive ketones (excluding diaryl/α,β-unsaturated/α-hetero) is 6. The van der Waals surface area contributed by atoms with E-state index in [4.69, 9.17) is 32.0 Å². The van der Waals surface area contributed by atoms with Crippen LogP contribution in [0.1, 0.15) is 152 Å². The van der Waals surface area contributed by atoms with E-state index in [1.807, 2.05) is 0 Å². The zero-order valence-corrected chi connectivity index (χ0v) is 33.4. The monoisotopic (exact) mass is 837 g/mol. The molecule has 0 N–H and O–H groups in total. The lowest BCUT2D eigenvalue weighted by atomic mass is 9.88. The highest BCUT2D eigenvalue weighted by Gasteiger charge is 2.40. The number of aryl methyl sites for hydroxylation is 2. The minimum atomic E-state index is -0.508. The Balaban J connectivity index is 0.000000157. The second-order valence-corrected chi connectivity index (χ2v) is 13.7. The fraction of sp³-hybridized carbons (Fsp3) is 0.167. The summed E-state index contributed by atoms with van der Waals surface area (Å²) < 4.78 is 10.6. The fourth-order valence-corrected chi connectivity index (χ4v) is 6.62. The predicted octanol–water partition coefficient (Wildman–Crippen LogP) is 6.63. The third kappa shape index (κ3) is 8.24. The van der Waals surface area contributed by atoms with E-state index in [1.54, 1.807) is 32.0 Å². The summed E-state index contributed by atoms with van der Waals surface area (Å²) in [7, 11) is 0. The number of allylic oxidation sites excluding steroid dienone is 2. The second-order valence-electron chi connectivity index (χ2n) is 13.0. The van der Waals surface area contributed by atoms with E-state index in [1.165, 1.54) is 64.5 Å². The van der Waals surface area contributed by atoms with Gasteiger partial charge >= 0.3 is 0 Å². The number of furan rings is 2. The Morgan fingerprint density at radius 2 is 0.864 bits per heavy atom. The number of pyridine rings is 3. The van der Waals surface area contributed by atoms with Crippen LogP contribution in [0, 0.1) is 13.8 Å². The maximum atomic E-state index is 12.4. The van der Waals surface area contributed by atoms with Gasteiger partial charge in [0, 0.05) is 18.6 Å². The molecule has 59 heavy (non-hydrogen) atoms. The number of hydrogen-bond acceptors (Lipinski definition) is 15. The first kappa shape index (κ1) is 43.2. The number of rotatable bonds is 4. The molecule has 0 aliphatic heterocycles. The molecule has 0 bridgehead atoms. The first-order valence-corrected chi connectivity index (χ1v) is 18.0. The standard InChI is InChI=1S/2C14H9NO4.C9H3Cl2NO2.C5H8O2/c1-6(16)9-7(2)19-14-10(9)13(18)11-8(12(14)17)4-3-5-15-11;1-6(16)9-7(2)19-14-10(9)12(17)8-4-3-5-15-11(8)13(14)18;10-5-6(11)9(14)7-4(8(5)13)2-1-3-12-7;1-4(6)3-5(2)7/h2*3-5H,1-2H3;1-3H;3H2,1-2H3. The van der Waals surface area contributed by atoms with E-state index < -0.39 is 28.9 Å². The van der Waals surface area contributed by atoms with Gasteiger partial charge in [0.05, 0.1) is 45.4 Å². The molecule has 3 aliphatic rings. The Labute approximate surface area is 343 Å². The number of nitrogens with zero attached hydrogens (tertiary/aromatic N) is 3. The molecule has 0 radical (unpaired) electrons. The summed E-state index contributed by atoms with van der Waals surface area (Å²) in [6.07, 6.45) is 4.39. The van der Waals surface area contributed by atoms with Crippen molar-refractivity contribution in [3.05, 3.63) is 144 Å². The first-order valence-electron chi connectivity index (χ1n) is 17.3. The molecule has 0 amide bonds. The minimum absolute atomic E-state index is 0.0428. The Bertz CT molecular complexity index is 2590. The number of ketones is 10. The van der Waals surface area contributed by atoms with Crippen LogP contribution in [0.5, 0.6) is 0 Å². The molecule has 5 aromatic heterocycles. The largest absolute Gasteiger partial charge is 0.456 e. The van der Waals surface area contributed by atoms with Gasteiger partial charge in [0.25, 0.3) is 0 Å². The highest BCUT2D eigenvalue weighted by molar-refractivity contribution is 6.59. The summed E-state index contributed by atoms with van der Waals surface area (Å²) in [5.74, 6) is -2.96. The van der Waals surface area contributed by atoms with Crippen LogP contribution in [0.3, 0.4) is 0 Å². The van der Waals surface area contributed by atoms with Gasteiger partial charge in [-0.3, -0.25) is 62.9 Å². The van der Waals surface area contributed by atoms with Crippen LogP contribution < -0.4 is 0 Å². The van der Waals surface area contributed by atoms with Crippen molar-refractivity contribution in [1.29, 1.82) is 0 Å². The molecule has 15 nitrogen and oxygen atoms in total. The van der Waals surface area contributed by atoms with Gasteiger partial charge in [-0.1, -0.05) is 23.2 Å². The molecule has 298 valence electrons. The van der Waals surface area contributed by atoms with Gasteiger partial charge in [-0.15, -0.1) is 0 Å². The normalized spacial score (nSPS) is 13.2. The molecule has 0 atom stereocenters. The maximum absolute atomic E-state index is 12.4. The van der Waals surface area contributed by atoms with Crippen LogP contribution >= 0.6 is 23.2 Å². The van der Waals surface area contributed by atoms with Gasteiger partial charge in [-0.2, -0.15) is 0 Å². The number of halogens is 2. The van der Waals surface area contributed by atoms with Gasteiger partial charge in [-0.25, -0.2) is 0 Å². The summed E-state index contributed by atoms with van der Waals surface area (Å²) in [4.78, 5) is 127. The Morgan fingerprint density at radius 1 is 0.508 bits per heavy atom. The quantitative estimate of drug-likeness (QED) is 0.134. The molecule has 0 fully saturated rings. The van der Waals surface area contributed by atoms with E-state index in [9.17, 15) is 47.9 Å². The van der Waals surface area contributed by atoms with Crippen LogP contribution in [0.25, 0.3) is 0 Å². The van der Waals surface area contributed by atoms with E-state index in [2.05, 4.69) is 15.0 Å². The number of carbonyl (C=O) groups excluding carboxylic acids is 10. The molecule has 5 heterocycles. The number of aromatic nitrogens is 3. The van der Waals surface area contributed by atoms with Crippen molar-refractivity contribution >= 4 is 81.0 Å². The van der Waals surface area contributed by atoms with Crippen molar-refractivity contribution in [3.63, 3.8) is 0 Å². The lowest BCUT2D eigenvalue weighted by molar-refractivity contribution is -0.124. The van der Waals surface area contributed by atoms with Crippen molar-refractivity contribution in [1.82, 2.24) is 15.0 Å². The van der Waals surface area contributed by atoms with Crippen LogP contribution in [0.4, 0.5) is 0 Å². The van der Waals surface area contributed by atoms with Gasteiger partial charge in [0.15, 0.2) is 28.9 Å². The summed E-state index contributed by atoms with van der Waals surface area (Å²) in [5, 5.41) is -0.500. The second kappa shape index (κ2) is 17.3. The van der Waals surface area contributed by atoms with E-state index in [0.717, 1.165) is 0 Å². The van der Waals surface area contributed by atoms with E-state index in [0.29, 0.717) is 0 Å². The molecule has 0 saturated carbocycles. The summed E-state index contributed by atoms with van der Waals surface area (Å²) in [5.41, 5.74) is 1.29. The molecule has 5 aromatic rings. The third-order valence-electron chi connectivity index (χ3n) is 8.63. The van der Waals surface area contributed by atoms with Crippen LogP contribution in [-0.4, -0.2) is 72.8 Å². The zero-order valence-electron chi connectivity index (χ0n) is 31.9. The van der Waals surface area contributed by atoms with Crippen molar-refractivity contribution in [2.24, 2.45) is 0 Å². The minimum Gasteiger partial charge on any atom is -0.456 e. The van der Waals surface area contributed by atoms with Crippen molar-refractivity contribution in [2.45, 2.75) is 48.0 Å². The summed E-state index contributed by atoms with van der Waals surface area (Å²) in [6, 6.07) is 9.27. The zero-order chi connectivity index (χ0) is 43.6. The molecular formula is C42H29Cl2N3O12. The van der Waals surface area contributed by atoms with Gasteiger partial charge in [-0.05, 0) is 77.9 Å². The summed E-state index contributed by atoms with van der Waals surface area (Å²) in [6.45, 7) is 8.61. The van der Waals surface area contributed by atoms with Crippen molar-refractivity contribution < 1.29 is 56.8 Å².